The van der Waals surface area contributed by atoms with Gasteiger partial charge in [-0.15, -0.1) is 0 Å². The maximum atomic E-state index is 12.7. The third-order valence-electron chi connectivity index (χ3n) is 4.53. The molecule has 3 rings (SSSR count). The summed E-state index contributed by atoms with van der Waals surface area (Å²) < 4.78 is 28.4. The summed E-state index contributed by atoms with van der Waals surface area (Å²) in [6.07, 6.45) is 3.93. The lowest BCUT2D eigenvalue weighted by molar-refractivity contribution is -0.130. The molecule has 1 fully saturated rings. The van der Waals surface area contributed by atoms with Gasteiger partial charge >= 0.3 is 0 Å². The molecule has 0 spiro atoms. The minimum absolute atomic E-state index is 0.0349. The highest BCUT2D eigenvalue weighted by molar-refractivity contribution is 7.89. The van der Waals surface area contributed by atoms with Crippen molar-refractivity contribution in [2.75, 3.05) is 26.2 Å². The van der Waals surface area contributed by atoms with Gasteiger partial charge in [-0.2, -0.15) is 4.31 Å². The highest BCUT2D eigenvalue weighted by Crippen LogP contribution is 2.16. The van der Waals surface area contributed by atoms with Crippen LogP contribution in [0.2, 0.25) is 0 Å². The number of aromatic nitrogens is 2. The lowest BCUT2D eigenvalue weighted by Crippen LogP contribution is -2.38. The Hall–Kier alpha value is -2.19. The molecule has 0 radical (unpaired) electrons. The molecule has 0 saturated carbocycles. The second-order valence-corrected chi connectivity index (χ2v) is 8.57. The molecule has 2 aromatic rings. The highest BCUT2D eigenvalue weighted by Gasteiger charge is 2.29. The lowest BCUT2D eigenvalue weighted by atomic mass is 10.1. The molecule has 1 aliphatic rings. The van der Waals surface area contributed by atoms with Gasteiger partial charge in [0.2, 0.25) is 5.91 Å². The predicted octanol–water partition coefficient (Wildman–Crippen LogP) is 1.19. The monoisotopic (exact) mass is 376 g/mol. The summed E-state index contributed by atoms with van der Waals surface area (Å²) in [5.41, 5.74) is 2.11. The van der Waals surface area contributed by atoms with E-state index in [9.17, 15) is 13.2 Å². The summed E-state index contributed by atoms with van der Waals surface area (Å²) in [6, 6.07) is 7.90. The summed E-state index contributed by atoms with van der Waals surface area (Å²) in [5.74, 6) is 0.0349. The molecule has 26 heavy (non-hydrogen) atoms. The van der Waals surface area contributed by atoms with Crippen molar-refractivity contribution >= 4 is 15.9 Å². The smallest absolute Gasteiger partial charge is 0.262 e. The van der Waals surface area contributed by atoms with Crippen LogP contribution in [-0.4, -0.2) is 59.3 Å². The third-order valence-corrected chi connectivity index (χ3v) is 6.32. The standard InChI is InChI=1S/C18H24N4O3S/c1-15-5-3-6-16(11-15)12-18(23)21-7-4-8-22(10-9-21)26(24,25)17-13-20(2)14-19-17/h3,5-6,11,13-14H,4,7-10,12H2,1-2H3. The zero-order valence-electron chi connectivity index (χ0n) is 15.1. The van der Waals surface area contributed by atoms with E-state index in [1.165, 1.54) is 16.8 Å². The van der Waals surface area contributed by atoms with Crippen LogP contribution >= 0.6 is 0 Å². The lowest BCUT2D eigenvalue weighted by Gasteiger charge is -2.21. The van der Waals surface area contributed by atoms with Crippen LogP contribution in [0.5, 0.6) is 0 Å². The van der Waals surface area contributed by atoms with Crippen LogP contribution in [-0.2, 0) is 28.3 Å². The number of carbonyl (C=O) groups excluding carboxylic acids is 1. The molecular weight excluding hydrogens is 352 g/mol. The first-order valence-corrected chi connectivity index (χ1v) is 10.1. The molecule has 1 aromatic heterocycles. The molecule has 1 saturated heterocycles. The first kappa shape index (κ1) is 18.6. The van der Waals surface area contributed by atoms with Gasteiger partial charge in [0, 0.05) is 39.4 Å². The number of hydrogen-bond donors (Lipinski definition) is 0. The first-order valence-electron chi connectivity index (χ1n) is 8.68. The van der Waals surface area contributed by atoms with Crippen molar-refractivity contribution in [3.05, 3.63) is 47.9 Å². The van der Waals surface area contributed by atoms with Crippen molar-refractivity contribution in [1.29, 1.82) is 0 Å². The first-order chi connectivity index (χ1) is 12.4. The Morgan fingerprint density at radius 2 is 2.00 bits per heavy atom. The van der Waals surface area contributed by atoms with E-state index in [4.69, 9.17) is 0 Å². The Balaban J connectivity index is 1.65. The SMILES string of the molecule is Cc1cccc(CC(=O)N2CCCN(S(=O)(=O)c3cn(C)cn3)CC2)c1. The van der Waals surface area contributed by atoms with E-state index in [2.05, 4.69) is 4.98 Å². The van der Waals surface area contributed by atoms with Crippen molar-refractivity contribution in [2.45, 2.75) is 24.8 Å². The number of imidazole rings is 1. The topological polar surface area (TPSA) is 75.5 Å². The fourth-order valence-electron chi connectivity index (χ4n) is 3.15. The van der Waals surface area contributed by atoms with E-state index in [1.54, 1.807) is 16.5 Å². The maximum absolute atomic E-state index is 12.7. The van der Waals surface area contributed by atoms with Crippen LogP contribution in [0.3, 0.4) is 0 Å². The zero-order valence-corrected chi connectivity index (χ0v) is 15.9. The van der Waals surface area contributed by atoms with Gasteiger partial charge in [-0.1, -0.05) is 29.8 Å². The summed E-state index contributed by atoms with van der Waals surface area (Å²) in [6.45, 7) is 3.65. The molecule has 0 unspecified atom stereocenters. The number of sulfonamides is 1. The normalized spacial score (nSPS) is 16.5. The number of carbonyl (C=O) groups is 1. The van der Waals surface area contributed by atoms with Crippen LogP contribution in [0.1, 0.15) is 17.5 Å². The van der Waals surface area contributed by atoms with Crippen molar-refractivity contribution in [1.82, 2.24) is 18.8 Å². The Bertz CT molecular complexity index is 891. The minimum Gasteiger partial charge on any atom is -0.341 e. The summed E-state index contributed by atoms with van der Waals surface area (Å²) in [7, 11) is -1.88. The Morgan fingerprint density at radius 3 is 2.69 bits per heavy atom. The van der Waals surface area contributed by atoms with Gasteiger partial charge in [-0.05, 0) is 18.9 Å². The van der Waals surface area contributed by atoms with E-state index >= 15 is 0 Å². The van der Waals surface area contributed by atoms with Crippen molar-refractivity contribution in [3.63, 3.8) is 0 Å². The van der Waals surface area contributed by atoms with Crippen LogP contribution in [0.15, 0.2) is 41.8 Å². The number of benzene rings is 1. The zero-order chi connectivity index (χ0) is 18.7. The van der Waals surface area contributed by atoms with Crippen molar-refractivity contribution in [2.24, 2.45) is 7.05 Å². The molecule has 7 nitrogen and oxygen atoms in total. The van der Waals surface area contributed by atoms with Gasteiger partial charge in [-0.25, -0.2) is 13.4 Å². The predicted molar refractivity (Wildman–Crippen MR) is 98.0 cm³/mol. The molecule has 2 heterocycles. The molecule has 1 aliphatic heterocycles. The van der Waals surface area contributed by atoms with Gasteiger partial charge in [0.1, 0.15) is 0 Å². The van der Waals surface area contributed by atoms with Crippen LogP contribution < -0.4 is 0 Å². The highest BCUT2D eigenvalue weighted by atomic mass is 32.2. The van der Waals surface area contributed by atoms with Gasteiger partial charge in [0.25, 0.3) is 10.0 Å². The van der Waals surface area contributed by atoms with E-state index in [-0.39, 0.29) is 10.9 Å². The summed E-state index contributed by atoms with van der Waals surface area (Å²) in [4.78, 5) is 18.3. The molecule has 0 aliphatic carbocycles. The quantitative estimate of drug-likeness (QED) is 0.803. The largest absolute Gasteiger partial charge is 0.341 e. The minimum atomic E-state index is -3.61. The fraction of sp³-hybridized carbons (Fsp3) is 0.444. The molecule has 0 N–H and O–H groups in total. The number of nitrogens with zero attached hydrogens (tertiary/aromatic N) is 4. The second kappa shape index (κ2) is 7.59. The average molecular weight is 376 g/mol. The van der Waals surface area contributed by atoms with E-state index in [0.29, 0.717) is 39.0 Å². The Kier molecular flexibility index (Phi) is 5.43. The fourth-order valence-corrected chi connectivity index (χ4v) is 4.58. The van der Waals surface area contributed by atoms with Gasteiger partial charge in [0.05, 0.1) is 12.7 Å². The molecule has 140 valence electrons. The van der Waals surface area contributed by atoms with Crippen LogP contribution in [0.25, 0.3) is 0 Å². The molecule has 1 amide bonds. The van der Waals surface area contributed by atoms with Crippen molar-refractivity contribution in [3.8, 4) is 0 Å². The second-order valence-electron chi connectivity index (χ2n) is 6.68. The van der Waals surface area contributed by atoms with E-state index in [0.717, 1.165) is 11.1 Å². The molecule has 1 aromatic carbocycles. The molecule has 0 atom stereocenters. The number of aryl methyl sites for hydroxylation is 2. The van der Waals surface area contributed by atoms with Crippen molar-refractivity contribution < 1.29 is 13.2 Å². The Morgan fingerprint density at radius 1 is 1.19 bits per heavy atom. The van der Waals surface area contributed by atoms with Crippen LogP contribution in [0.4, 0.5) is 0 Å². The number of amides is 1. The summed E-state index contributed by atoms with van der Waals surface area (Å²) >= 11 is 0. The van der Waals surface area contributed by atoms with Gasteiger partial charge in [-0.3, -0.25) is 4.79 Å². The van der Waals surface area contributed by atoms with Gasteiger partial charge < -0.3 is 9.47 Å². The van der Waals surface area contributed by atoms with E-state index < -0.39 is 10.0 Å². The van der Waals surface area contributed by atoms with Crippen LogP contribution in [0, 0.1) is 6.92 Å². The molecule has 8 heteroatoms. The third kappa shape index (κ3) is 4.13. The summed E-state index contributed by atoms with van der Waals surface area (Å²) in [5, 5.41) is 0.0551. The van der Waals surface area contributed by atoms with Gasteiger partial charge in [0.15, 0.2) is 5.03 Å². The van der Waals surface area contributed by atoms with E-state index in [1.807, 2.05) is 31.2 Å². The molecule has 0 bridgehead atoms. The Labute approximate surface area is 154 Å². The maximum Gasteiger partial charge on any atom is 0.262 e. The average Bonchev–Trinajstić information content (AvgIpc) is 2.88. The molecular formula is C18H24N4O3S. The number of hydrogen-bond acceptors (Lipinski definition) is 4. The number of rotatable bonds is 4.